The fraction of sp³-hybridized carbons (Fsp3) is 0.533. The maximum absolute atomic E-state index is 12.1. The predicted octanol–water partition coefficient (Wildman–Crippen LogP) is 2.66. The summed E-state index contributed by atoms with van der Waals surface area (Å²) < 4.78 is 4.92. The third-order valence-electron chi connectivity index (χ3n) is 3.82. The second-order valence-electron chi connectivity index (χ2n) is 4.99. The Balaban J connectivity index is 2.61. The van der Waals surface area contributed by atoms with Gasteiger partial charge >= 0.3 is 11.9 Å². The summed E-state index contributed by atoms with van der Waals surface area (Å²) in [5, 5.41) is 9.31. The molecule has 1 aliphatic rings. The molecule has 0 aliphatic heterocycles. The molecule has 0 unspecified atom stereocenters. The molecule has 1 saturated carbocycles. The van der Waals surface area contributed by atoms with Crippen molar-refractivity contribution in [2.75, 3.05) is 12.9 Å². The number of pyridine rings is 1. The van der Waals surface area contributed by atoms with E-state index < -0.39 is 11.4 Å². The van der Waals surface area contributed by atoms with Gasteiger partial charge in [-0.15, -0.1) is 11.8 Å². The molecule has 1 aromatic heterocycles. The lowest BCUT2D eigenvalue weighted by Crippen LogP contribution is -2.24. The molecule has 1 heterocycles. The van der Waals surface area contributed by atoms with E-state index in [1.165, 1.54) is 18.9 Å². The summed E-state index contributed by atoms with van der Waals surface area (Å²) >= 11 is 1.46. The molecule has 21 heavy (non-hydrogen) atoms. The fourth-order valence-corrected chi connectivity index (χ4v) is 3.64. The number of carboxylic acid groups (broad SMARTS) is 1. The second kappa shape index (κ2) is 6.05. The van der Waals surface area contributed by atoms with Crippen molar-refractivity contribution in [3.8, 4) is 0 Å². The summed E-state index contributed by atoms with van der Waals surface area (Å²) in [6.07, 6.45) is 3.68. The Morgan fingerprint density at radius 3 is 2.52 bits per heavy atom. The van der Waals surface area contributed by atoms with Crippen molar-refractivity contribution in [3.05, 3.63) is 23.0 Å². The van der Waals surface area contributed by atoms with E-state index in [0.29, 0.717) is 11.3 Å². The minimum Gasteiger partial charge on any atom is -0.476 e. The third-order valence-corrected chi connectivity index (χ3v) is 4.84. The largest absolute Gasteiger partial charge is 0.476 e. The number of aromatic nitrogens is 1. The van der Waals surface area contributed by atoms with Gasteiger partial charge in [0.1, 0.15) is 0 Å². The number of nitrogens with zero attached hydrogens (tertiary/aromatic N) is 1. The van der Waals surface area contributed by atoms with Crippen LogP contribution in [0.25, 0.3) is 0 Å². The van der Waals surface area contributed by atoms with E-state index in [1.54, 1.807) is 6.20 Å². The van der Waals surface area contributed by atoms with Crippen molar-refractivity contribution < 1.29 is 19.4 Å². The average Bonchev–Trinajstić information content (AvgIpc) is 3.27. The maximum Gasteiger partial charge on any atom is 0.355 e. The van der Waals surface area contributed by atoms with Crippen LogP contribution in [0.3, 0.4) is 0 Å². The van der Waals surface area contributed by atoms with Crippen LogP contribution in [0.2, 0.25) is 0 Å². The van der Waals surface area contributed by atoms with Gasteiger partial charge in [-0.05, 0) is 36.1 Å². The van der Waals surface area contributed by atoms with E-state index in [-0.39, 0.29) is 11.7 Å². The second-order valence-corrected chi connectivity index (χ2v) is 6.27. The van der Waals surface area contributed by atoms with E-state index in [1.807, 2.05) is 13.8 Å². The first-order valence-electron chi connectivity index (χ1n) is 6.98. The molecule has 1 aromatic rings. The number of ether oxygens (including phenoxy) is 1. The smallest absolute Gasteiger partial charge is 0.355 e. The topological polar surface area (TPSA) is 76.5 Å². The molecule has 1 fully saturated rings. The molecule has 0 radical (unpaired) electrons. The van der Waals surface area contributed by atoms with Gasteiger partial charge in [-0.25, -0.2) is 9.78 Å². The van der Waals surface area contributed by atoms with Gasteiger partial charge in [-0.3, -0.25) is 4.79 Å². The number of carbonyl (C=O) groups excluding carboxylic acids is 1. The highest BCUT2D eigenvalue weighted by atomic mass is 32.2. The molecular weight excluding hydrogens is 290 g/mol. The Labute approximate surface area is 128 Å². The van der Waals surface area contributed by atoms with Crippen LogP contribution in [0.4, 0.5) is 0 Å². The summed E-state index contributed by atoms with van der Waals surface area (Å²) in [6.45, 7) is 3.94. The zero-order valence-electron chi connectivity index (χ0n) is 12.4. The third kappa shape index (κ3) is 2.64. The lowest BCUT2D eigenvalue weighted by Gasteiger charge is -2.20. The zero-order chi connectivity index (χ0) is 15.6. The number of hydrogen-bond acceptors (Lipinski definition) is 5. The number of carbonyl (C=O) groups is 2. The molecule has 0 atom stereocenters. The van der Waals surface area contributed by atoms with Gasteiger partial charge in [0.25, 0.3) is 0 Å². The minimum atomic E-state index is -1.03. The first-order chi connectivity index (χ1) is 10.0. The molecule has 0 aromatic carbocycles. The first-order valence-corrected chi connectivity index (χ1v) is 7.97. The number of esters is 1. The van der Waals surface area contributed by atoms with E-state index in [0.717, 1.165) is 29.7 Å². The Morgan fingerprint density at radius 2 is 2.10 bits per heavy atom. The quantitative estimate of drug-likeness (QED) is 0.643. The van der Waals surface area contributed by atoms with Crippen molar-refractivity contribution in [1.29, 1.82) is 0 Å². The summed E-state index contributed by atoms with van der Waals surface area (Å²) in [6, 6.07) is 0. The van der Waals surface area contributed by atoms with Crippen molar-refractivity contribution in [2.24, 2.45) is 0 Å². The van der Waals surface area contributed by atoms with Gasteiger partial charge in [0.05, 0.1) is 12.5 Å². The van der Waals surface area contributed by atoms with Crippen LogP contribution in [-0.4, -0.2) is 34.9 Å². The lowest BCUT2D eigenvalue weighted by atomic mass is 9.91. The normalized spacial score (nSPS) is 15.6. The van der Waals surface area contributed by atoms with Crippen LogP contribution >= 0.6 is 11.8 Å². The van der Waals surface area contributed by atoms with Crippen molar-refractivity contribution in [1.82, 2.24) is 4.98 Å². The summed E-state index contributed by atoms with van der Waals surface area (Å²) in [7, 11) is 1.38. The monoisotopic (exact) mass is 309 g/mol. The highest BCUT2D eigenvalue weighted by Crippen LogP contribution is 2.51. The number of methoxy groups -OCH3 is 1. The molecular formula is C15H19NO4S. The van der Waals surface area contributed by atoms with Gasteiger partial charge in [-0.2, -0.15) is 0 Å². The molecule has 2 rings (SSSR count). The van der Waals surface area contributed by atoms with E-state index in [2.05, 4.69) is 4.98 Å². The molecule has 0 amide bonds. The highest BCUT2D eigenvalue weighted by Gasteiger charge is 2.54. The van der Waals surface area contributed by atoms with Crippen LogP contribution in [0, 0.1) is 0 Å². The van der Waals surface area contributed by atoms with Gasteiger partial charge in [0.2, 0.25) is 0 Å². The molecule has 1 N–H and O–H groups in total. The Bertz CT molecular complexity index is 581. The summed E-state index contributed by atoms with van der Waals surface area (Å²) in [5.41, 5.74) is 1.20. The molecule has 0 saturated heterocycles. The molecule has 1 aliphatic carbocycles. The van der Waals surface area contributed by atoms with Crippen LogP contribution in [0.1, 0.15) is 48.3 Å². The van der Waals surface area contributed by atoms with Crippen molar-refractivity contribution >= 4 is 23.7 Å². The zero-order valence-corrected chi connectivity index (χ0v) is 13.2. The number of carboxylic acids is 1. The lowest BCUT2D eigenvalue weighted by molar-refractivity contribution is -0.143. The van der Waals surface area contributed by atoms with Gasteiger partial charge in [-0.1, -0.05) is 13.8 Å². The molecule has 5 nitrogen and oxygen atoms in total. The fourth-order valence-electron chi connectivity index (χ4n) is 2.65. The van der Waals surface area contributed by atoms with E-state index in [9.17, 15) is 14.7 Å². The maximum atomic E-state index is 12.1. The van der Waals surface area contributed by atoms with Crippen molar-refractivity contribution in [3.63, 3.8) is 0 Å². The van der Waals surface area contributed by atoms with Crippen LogP contribution in [0.5, 0.6) is 0 Å². The first kappa shape index (κ1) is 15.8. The number of thioether (sulfide) groups is 1. The van der Waals surface area contributed by atoms with Crippen LogP contribution < -0.4 is 0 Å². The number of rotatable bonds is 6. The molecule has 6 heteroatoms. The van der Waals surface area contributed by atoms with Crippen LogP contribution in [-0.2, 0) is 21.4 Å². The Morgan fingerprint density at radius 1 is 1.43 bits per heavy atom. The highest BCUT2D eigenvalue weighted by molar-refractivity contribution is 7.99. The summed E-state index contributed by atoms with van der Waals surface area (Å²) in [5.74, 6) is -0.534. The van der Waals surface area contributed by atoms with Gasteiger partial charge in [0, 0.05) is 11.1 Å². The van der Waals surface area contributed by atoms with Crippen molar-refractivity contribution in [2.45, 2.75) is 43.4 Å². The van der Waals surface area contributed by atoms with Gasteiger partial charge < -0.3 is 9.84 Å². The summed E-state index contributed by atoms with van der Waals surface area (Å²) in [4.78, 5) is 28.2. The van der Waals surface area contributed by atoms with E-state index in [4.69, 9.17) is 4.74 Å². The SMILES string of the molecule is CCSc1c(C(=O)O)ncc(C2(C(=O)OC)CC2)c1CC. The Hall–Kier alpha value is -1.56. The number of hydrogen-bond donors (Lipinski definition) is 1. The van der Waals surface area contributed by atoms with Crippen LogP contribution in [0.15, 0.2) is 11.1 Å². The van der Waals surface area contributed by atoms with Gasteiger partial charge in [0.15, 0.2) is 5.69 Å². The molecule has 0 spiro atoms. The standard InChI is InChI=1S/C15H19NO4S/c1-4-9-10(15(6-7-15)14(19)20-3)8-16-11(13(17)18)12(9)21-5-2/h8H,4-7H2,1-3H3,(H,17,18). The Kier molecular flexibility index (Phi) is 4.56. The predicted molar refractivity (Wildman–Crippen MR) is 79.9 cm³/mol. The number of aromatic carboxylic acids is 1. The molecule has 0 bridgehead atoms. The minimum absolute atomic E-state index is 0.0723. The molecule has 114 valence electrons. The average molecular weight is 309 g/mol. The van der Waals surface area contributed by atoms with E-state index >= 15 is 0 Å².